The van der Waals surface area contributed by atoms with Crippen LogP contribution in [0.15, 0.2) is 24.3 Å². The number of sulfonamides is 1. The van der Waals surface area contributed by atoms with Crippen molar-refractivity contribution in [1.29, 1.82) is 0 Å². The van der Waals surface area contributed by atoms with Crippen molar-refractivity contribution in [3.8, 4) is 5.75 Å². The summed E-state index contributed by atoms with van der Waals surface area (Å²) in [5.41, 5.74) is -5.28. The molecule has 0 aliphatic heterocycles. The van der Waals surface area contributed by atoms with Gasteiger partial charge in [-0.1, -0.05) is 18.2 Å². The summed E-state index contributed by atoms with van der Waals surface area (Å²) in [6.07, 6.45) is 0.123. The van der Waals surface area contributed by atoms with E-state index in [9.17, 15) is 21.6 Å². The molecule has 0 aromatic heterocycles. The topological polar surface area (TPSA) is 55.4 Å². The lowest BCUT2D eigenvalue weighted by Crippen LogP contribution is -2.37. The zero-order chi connectivity index (χ0) is 13.6. The Bertz CT molecular complexity index is 459. The molecule has 0 saturated carbocycles. The van der Waals surface area contributed by atoms with Gasteiger partial charge in [0.1, 0.15) is 5.75 Å². The lowest BCUT2D eigenvalue weighted by atomic mass is 10.3. The van der Waals surface area contributed by atoms with E-state index >= 15 is 0 Å². The highest BCUT2D eigenvalue weighted by Gasteiger charge is 2.45. The van der Waals surface area contributed by atoms with Gasteiger partial charge in [-0.3, -0.25) is 0 Å². The van der Waals surface area contributed by atoms with Gasteiger partial charge in [0.15, 0.2) is 0 Å². The van der Waals surface area contributed by atoms with Crippen LogP contribution < -0.4 is 9.46 Å². The van der Waals surface area contributed by atoms with Gasteiger partial charge >= 0.3 is 15.5 Å². The lowest BCUT2D eigenvalue weighted by Gasteiger charge is -2.09. The fourth-order valence-electron chi connectivity index (χ4n) is 1.01. The fraction of sp³-hybridized carbons (Fsp3) is 0.400. The molecule has 18 heavy (non-hydrogen) atoms. The molecular formula is C10H11F3NO3S. The summed E-state index contributed by atoms with van der Waals surface area (Å²) in [5, 5.41) is 0. The number of halogens is 3. The Hall–Kier alpha value is -1.28. The number of nitrogens with one attached hydrogen (secondary N) is 1. The molecule has 1 rings (SSSR count). The highest BCUT2D eigenvalue weighted by Crippen LogP contribution is 2.21. The van der Waals surface area contributed by atoms with Crippen LogP contribution in [-0.4, -0.2) is 27.1 Å². The number of hydrogen-bond acceptors (Lipinski definition) is 3. The Labute approximate surface area is 103 Å². The van der Waals surface area contributed by atoms with Crippen LogP contribution in [0.4, 0.5) is 13.2 Å². The van der Waals surface area contributed by atoms with Gasteiger partial charge in [0.05, 0.1) is 6.61 Å². The minimum absolute atomic E-state index is 0.0981. The van der Waals surface area contributed by atoms with Crippen LogP contribution in [0.3, 0.4) is 0 Å². The van der Waals surface area contributed by atoms with Crippen LogP contribution >= 0.6 is 0 Å². The molecule has 0 spiro atoms. The van der Waals surface area contributed by atoms with Gasteiger partial charge in [0.2, 0.25) is 0 Å². The molecule has 1 radical (unpaired) electrons. The molecular weight excluding hydrogens is 271 g/mol. The van der Waals surface area contributed by atoms with Crippen molar-refractivity contribution < 1.29 is 26.3 Å². The molecule has 1 aromatic carbocycles. The Morgan fingerprint density at radius 1 is 1.33 bits per heavy atom. The highest BCUT2D eigenvalue weighted by atomic mass is 32.2. The molecule has 0 amide bonds. The molecule has 1 N–H and O–H groups in total. The zero-order valence-electron chi connectivity index (χ0n) is 9.20. The average Bonchev–Trinajstić information content (AvgIpc) is 2.28. The van der Waals surface area contributed by atoms with Gasteiger partial charge in [-0.15, -0.1) is 0 Å². The van der Waals surface area contributed by atoms with Crippen molar-refractivity contribution in [2.75, 3.05) is 13.2 Å². The number of rotatable bonds is 6. The summed E-state index contributed by atoms with van der Waals surface area (Å²) in [4.78, 5) is 0. The number of alkyl halides is 3. The molecule has 1 aromatic rings. The second kappa shape index (κ2) is 6.05. The monoisotopic (exact) mass is 282 g/mol. The number of hydrogen-bond donors (Lipinski definition) is 1. The Balaban J connectivity index is 2.24. The Morgan fingerprint density at radius 2 is 2.06 bits per heavy atom. The standard InChI is InChI=1S/C10H11F3NO3S/c11-10(12,13)18(15,16)14-7-4-8-17-9-5-2-1-3-6-9/h1-3,5,14H,4,7-8H2. The Kier molecular flexibility index (Phi) is 4.97. The predicted molar refractivity (Wildman–Crippen MR) is 58.4 cm³/mol. The summed E-state index contributed by atoms with van der Waals surface area (Å²) in [6.45, 7) is -0.241. The van der Waals surface area contributed by atoms with Crippen LogP contribution in [0.25, 0.3) is 0 Å². The van der Waals surface area contributed by atoms with Crippen molar-refractivity contribution in [3.05, 3.63) is 30.3 Å². The number of ether oxygens (including phenoxy) is 1. The summed E-state index contributed by atoms with van der Waals surface area (Å²) in [5.74, 6) is 0.455. The second-order valence-corrected chi connectivity index (χ2v) is 5.03. The van der Waals surface area contributed by atoms with Crippen LogP contribution in [0.5, 0.6) is 5.75 Å². The molecule has 8 heteroatoms. The van der Waals surface area contributed by atoms with E-state index in [-0.39, 0.29) is 19.6 Å². The maximum Gasteiger partial charge on any atom is 0.511 e. The van der Waals surface area contributed by atoms with E-state index < -0.39 is 15.5 Å². The van der Waals surface area contributed by atoms with E-state index in [1.807, 2.05) is 0 Å². The number of para-hydroxylation sites is 1. The molecule has 0 bridgehead atoms. The fourth-order valence-corrected chi connectivity index (χ4v) is 1.59. The second-order valence-electron chi connectivity index (χ2n) is 3.27. The van der Waals surface area contributed by atoms with Crippen LogP contribution in [0.2, 0.25) is 0 Å². The van der Waals surface area contributed by atoms with Gasteiger partial charge in [-0.25, -0.2) is 13.1 Å². The molecule has 101 valence electrons. The van der Waals surface area contributed by atoms with Gasteiger partial charge < -0.3 is 4.74 Å². The normalized spacial score (nSPS) is 12.4. The largest absolute Gasteiger partial charge is 0.511 e. The number of benzene rings is 1. The van der Waals surface area contributed by atoms with Crippen molar-refractivity contribution in [2.45, 2.75) is 11.9 Å². The smallest absolute Gasteiger partial charge is 0.493 e. The molecule has 0 unspecified atom stereocenters. The first-order chi connectivity index (χ1) is 8.33. The average molecular weight is 282 g/mol. The van der Waals surface area contributed by atoms with Gasteiger partial charge in [-0.05, 0) is 12.5 Å². The minimum atomic E-state index is -5.28. The maximum atomic E-state index is 11.9. The van der Waals surface area contributed by atoms with E-state index in [2.05, 4.69) is 6.07 Å². The van der Waals surface area contributed by atoms with Crippen LogP contribution in [0.1, 0.15) is 6.42 Å². The highest BCUT2D eigenvalue weighted by molar-refractivity contribution is 7.90. The van der Waals surface area contributed by atoms with Crippen LogP contribution in [0, 0.1) is 6.07 Å². The summed E-state index contributed by atoms with van der Waals surface area (Å²) in [7, 11) is -5.26. The molecule has 0 aliphatic carbocycles. The molecule has 0 atom stereocenters. The van der Waals surface area contributed by atoms with Crippen molar-refractivity contribution in [2.24, 2.45) is 0 Å². The van der Waals surface area contributed by atoms with Crippen molar-refractivity contribution in [1.82, 2.24) is 4.72 Å². The molecule has 4 nitrogen and oxygen atoms in total. The van der Waals surface area contributed by atoms with E-state index in [4.69, 9.17) is 4.74 Å². The molecule has 0 heterocycles. The summed E-state index contributed by atoms with van der Waals surface area (Å²) >= 11 is 0. The van der Waals surface area contributed by atoms with E-state index in [1.54, 1.807) is 24.3 Å². The van der Waals surface area contributed by atoms with Crippen molar-refractivity contribution >= 4 is 10.0 Å². The van der Waals surface area contributed by atoms with E-state index in [0.717, 1.165) is 0 Å². The van der Waals surface area contributed by atoms with Crippen LogP contribution in [-0.2, 0) is 10.0 Å². The van der Waals surface area contributed by atoms with Gasteiger partial charge in [-0.2, -0.15) is 13.2 Å². The Morgan fingerprint density at radius 3 is 2.61 bits per heavy atom. The first-order valence-electron chi connectivity index (χ1n) is 4.98. The zero-order valence-corrected chi connectivity index (χ0v) is 10.0. The lowest BCUT2D eigenvalue weighted by molar-refractivity contribution is -0.0447. The summed E-state index contributed by atoms with van der Waals surface area (Å²) < 4.78 is 63.5. The third kappa shape index (κ3) is 4.53. The third-order valence-corrected chi connectivity index (χ3v) is 3.05. The van der Waals surface area contributed by atoms with Gasteiger partial charge in [0.25, 0.3) is 0 Å². The molecule has 0 aliphatic rings. The van der Waals surface area contributed by atoms with Crippen molar-refractivity contribution in [3.63, 3.8) is 0 Å². The SMILES string of the molecule is O=S(=O)(NCCCOc1[c]cccc1)C(F)(F)F. The first kappa shape index (κ1) is 14.8. The third-order valence-electron chi connectivity index (χ3n) is 1.86. The molecule has 0 saturated heterocycles. The van der Waals surface area contributed by atoms with E-state index in [1.165, 1.54) is 4.72 Å². The predicted octanol–water partition coefficient (Wildman–Crippen LogP) is 1.69. The first-order valence-corrected chi connectivity index (χ1v) is 6.47. The molecule has 0 fully saturated rings. The summed E-state index contributed by atoms with van der Waals surface area (Å²) in [6, 6.07) is 9.49. The van der Waals surface area contributed by atoms with E-state index in [0.29, 0.717) is 5.75 Å². The minimum Gasteiger partial charge on any atom is -0.493 e. The van der Waals surface area contributed by atoms with Gasteiger partial charge in [0, 0.05) is 12.6 Å². The maximum absolute atomic E-state index is 11.9. The quantitative estimate of drug-likeness (QED) is 0.808.